The van der Waals surface area contributed by atoms with Crippen LogP contribution in [0.5, 0.6) is 0 Å². The number of hydrogen-bond acceptors (Lipinski definition) is 4. The minimum Gasteiger partial charge on any atom is -0.412 e. The zero-order chi connectivity index (χ0) is 14.1. The Morgan fingerprint density at radius 1 is 1.33 bits per heavy atom. The standard InChI is InChI=1S/C8H20N4.H2O4S.H2O/c1-4-12(7(2)3)6-5-11-8(9)10;1-5(2,3)4;/h7H,4-6H2,1-3H3,(H4,9,10,11);(H2,1,2,3,4);1H2. The minimum absolute atomic E-state index is 0. The molecule has 112 valence electrons. The summed E-state index contributed by atoms with van der Waals surface area (Å²) in [6.07, 6.45) is 0. The van der Waals surface area contributed by atoms with E-state index in [2.05, 4.69) is 30.7 Å². The van der Waals surface area contributed by atoms with Crippen LogP contribution in [0.3, 0.4) is 0 Å². The van der Waals surface area contributed by atoms with E-state index in [0.717, 1.165) is 13.1 Å². The maximum atomic E-state index is 8.74. The summed E-state index contributed by atoms with van der Waals surface area (Å²) in [4.78, 5) is 6.24. The summed E-state index contributed by atoms with van der Waals surface area (Å²) < 4.78 is 31.6. The molecule has 0 amide bonds. The summed E-state index contributed by atoms with van der Waals surface area (Å²) in [5.41, 5.74) is 10.4. The van der Waals surface area contributed by atoms with Crippen LogP contribution in [0, 0.1) is 0 Å². The van der Waals surface area contributed by atoms with Gasteiger partial charge in [0.1, 0.15) is 0 Å². The van der Waals surface area contributed by atoms with Gasteiger partial charge in [-0.2, -0.15) is 8.42 Å². The van der Waals surface area contributed by atoms with Crippen molar-refractivity contribution in [2.24, 2.45) is 16.5 Å². The molecule has 0 bridgehead atoms. The average molecular weight is 288 g/mol. The monoisotopic (exact) mass is 288 g/mol. The van der Waals surface area contributed by atoms with Crippen molar-refractivity contribution in [1.29, 1.82) is 0 Å². The van der Waals surface area contributed by atoms with Crippen LogP contribution >= 0.6 is 0 Å². The Kier molecular flexibility index (Phi) is 13.8. The fourth-order valence-corrected chi connectivity index (χ4v) is 1.09. The van der Waals surface area contributed by atoms with E-state index in [0.29, 0.717) is 12.6 Å². The van der Waals surface area contributed by atoms with Gasteiger partial charge < -0.3 is 16.9 Å². The van der Waals surface area contributed by atoms with Crippen LogP contribution < -0.4 is 11.5 Å². The molecule has 0 saturated heterocycles. The van der Waals surface area contributed by atoms with E-state index in [9.17, 15) is 0 Å². The van der Waals surface area contributed by atoms with Crippen LogP contribution in [0.4, 0.5) is 0 Å². The van der Waals surface area contributed by atoms with Crippen LogP contribution in [0.25, 0.3) is 0 Å². The Balaban J connectivity index is -0.000000321. The third kappa shape index (κ3) is 24.3. The molecule has 0 aromatic carbocycles. The molecule has 0 rings (SSSR count). The molecule has 0 aliphatic heterocycles. The zero-order valence-corrected chi connectivity index (χ0v) is 11.7. The lowest BCUT2D eigenvalue weighted by Gasteiger charge is -2.23. The van der Waals surface area contributed by atoms with Gasteiger partial charge in [-0.15, -0.1) is 0 Å². The van der Waals surface area contributed by atoms with Crippen LogP contribution in [-0.2, 0) is 10.4 Å². The molecule has 0 radical (unpaired) electrons. The molecule has 0 spiro atoms. The molecule has 0 aromatic rings. The summed E-state index contributed by atoms with van der Waals surface area (Å²) in [7, 11) is -4.67. The summed E-state index contributed by atoms with van der Waals surface area (Å²) in [5, 5.41) is 0. The smallest absolute Gasteiger partial charge is 0.394 e. The molecule has 0 atom stereocenters. The molecular formula is C8H24N4O5S. The van der Waals surface area contributed by atoms with Gasteiger partial charge in [0.2, 0.25) is 0 Å². The quantitative estimate of drug-likeness (QED) is 0.271. The normalized spacial score (nSPS) is 10.4. The predicted octanol–water partition coefficient (Wildman–Crippen LogP) is -1.49. The fraction of sp³-hybridized carbons (Fsp3) is 0.875. The number of nitrogens with two attached hydrogens (primary N) is 2. The third-order valence-electron chi connectivity index (χ3n) is 1.82. The highest BCUT2D eigenvalue weighted by atomic mass is 32.3. The van der Waals surface area contributed by atoms with Crippen molar-refractivity contribution in [3.63, 3.8) is 0 Å². The number of aliphatic imine (C=N–C) groups is 1. The average Bonchev–Trinajstić information content (AvgIpc) is 2.08. The lowest BCUT2D eigenvalue weighted by molar-refractivity contribution is 0.241. The highest BCUT2D eigenvalue weighted by Crippen LogP contribution is 1.95. The van der Waals surface area contributed by atoms with E-state index in [4.69, 9.17) is 29.0 Å². The zero-order valence-electron chi connectivity index (χ0n) is 10.9. The second kappa shape index (κ2) is 11.2. The molecule has 0 aromatic heterocycles. The summed E-state index contributed by atoms with van der Waals surface area (Å²) in [6, 6.07) is 0.559. The first kappa shape index (κ1) is 22.3. The topological polar surface area (TPSA) is 174 Å². The van der Waals surface area contributed by atoms with Gasteiger partial charge in [0.15, 0.2) is 5.96 Å². The van der Waals surface area contributed by atoms with Crippen molar-refractivity contribution < 1.29 is 23.0 Å². The van der Waals surface area contributed by atoms with E-state index in [1.807, 2.05) is 0 Å². The molecule has 0 aliphatic rings. The van der Waals surface area contributed by atoms with Gasteiger partial charge in [0.25, 0.3) is 0 Å². The van der Waals surface area contributed by atoms with E-state index >= 15 is 0 Å². The number of guanidine groups is 1. The Hall–Kier alpha value is -0.940. The first-order valence-electron chi connectivity index (χ1n) is 5.07. The Morgan fingerprint density at radius 2 is 1.72 bits per heavy atom. The lowest BCUT2D eigenvalue weighted by atomic mass is 10.3. The van der Waals surface area contributed by atoms with Gasteiger partial charge in [0, 0.05) is 12.6 Å². The second-order valence-corrected chi connectivity index (χ2v) is 4.37. The first-order chi connectivity index (χ1) is 7.57. The van der Waals surface area contributed by atoms with E-state index < -0.39 is 10.4 Å². The highest BCUT2D eigenvalue weighted by molar-refractivity contribution is 7.79. The van der Waals surface area contributed by atoms with Crippen molar-refractivity contribution >= 4 is 16.4 Å². The van der Waals surface area contributed by atoms with Crippen LogP contribution in [0.1, 0.15) is 20.8 Å². The molecule has 0 unspecified atom stereocenters. The van der Waals surface area contributed by atoms with Gasteiger partial charge >= 0.3 is 10.4 Å². The van der Waals surface area contributed by atoms with Gasteiger partial charge in [0.05, 0.1) is 6.54 Å². The first-order valence-corrected chi connectivity index (χ1v) is 6.47. The van der Waals surface area contributed by atoms with Crippen molar-refractivity contribution in [3.05, 3.63) is 0 Å². The Bertz CT molecular complexity index is 305. The molecule has 0 saturated carbocycles. The second-order valence-electron chi connectivity index (χ2n) is 3.48. The van der Waals surface area contributed by atoms with Crippen LogP contribution in [-0.4, -0.2) is 59.5 Å². The fourth-order valence-electron chi connectivity index (χ4n) is 1.09. The molecular weight excluding hydrogens is 264 g/mol. The van der Waals surface area contributed by atoms with Crippen molar-refractivity contribution in [1.82, 2.24) is 4.90 Å². The summed E-state index contributed by atoms with van der Waals surface area (Å²) in [5.74, 6) is 0.176. The number of nitrogens with zero attached hydrogens (tertiary/aromatic N) is 2. The van der Waals surface area contributed by atoms with E-state index in [1.165, 1.54) is 0 Å². The van der Waals surface area contributed by atoms with Gasteiger partial charge in [-0.3, -0.25) is 19.0 Å². The van der Waals surface area contributed by atoms with E-state index in [1.54, 1.807) is 0 Å². The number of rotatable bonds is 5. The van der Waals surface area contributed by atoms with Gasteiger partial charge in [-0.05, 0) is 20.4 Å². The highest BCUT2D eigenvalue weighted by Gasteiger charge is 2.04. The summed E-state index contributed by atoms with van der Waals surface area (Å²) in [6.45, 7) is 9.12. The molecule has 8 N–H and O–H groups in total. The molecule has 18 heavy (non-hydrogen) atoms. The maximum absolute atomic E-state index is 8.74. The van der Waals surface area contributed by atoms with E-state index in [-0.39, 0.29) is 11.4 Å². The number of likely N-dealkylation sites (N-methyl/N-ethyl adjacent to an activating group) is 1. The largest absolute Gasteiger partial charge is 0.412 e. The van der Waals surface area contributed by atoms with Crippen molar-refractivity contribution in [2.45, 2.75) is 26.8 Å². The SMILES string of the molecule is CCN(CCN=C(N)N)C(C)C.O.O=S(=O)(O)O. The third-order valence-corrected chi connectivity index (χ3v) is 1.82. The van der Waals surface area contributed by atoms with Crippen molar-refractivity contribution in [2.75, 3.05) is 19.6 Å². The van der Waals surface area contributed by atoms with Gasteiger partial charge in [-0.25, -0.2) is 0 Å². The Morgan fingerprint density at radius 3 is 1.94 bits per heavy atom. The van der Waals surface area contributed by atoms with Crippen molar-refractivity contribution in [3.8, 4) is 0 Å². The molecule has 10 heteroatoms. The summed E-state index contributed by atoms with van der Waals surface area (Å²) >= 11 is 0. The molecule has 0 aliphatic carbocycles. The predicted molar refractivity (Wildman–Crippen MR) is 70.9 cm³/mol. The molecule has 0 heterocycles. The van der Waals surface area contributed by atoms with Crippen LogP contribution in [0.2, 0.25) is 0 Å². The minimum atomic E-state index is -4.67. The molecule has 0 fully saturated rings. The molecule has 9 nitrogen and oxygen atoms in total. The number of hydrogen-bond donors (Lipinski definition) is 4. The lowest BCUT2D eigenvalue weighted by Crippen LogP contribution is -2.33. The van der Waals surface area contributed by atoms with Crippen LogP contribution in [0.15, 0.2) is 4.99 Å². The maximum Gasteiger partial charge on any atom is 0.394 e. The Labute approximate surface area is 108 Å². The van der Waals surface area contributed by atoms with Gasteiger partial charge in [-0.1, -0.05) is 6.92 Å².